The number of nitrogens with zero attached hydrogens (tertiary/aromatic N) is 1. The van der Waals surface area contributed by atoms with Crippen LogP contribution in [0.1, 0.15) is 11.1 Å². The van der Waals surface area contributed by atoms with Gasteiger partial charge in [0, 0.05) is 11.8 Å². The van der Waals surface area contributed by atoms with E-state index in [9.17, 15) is 0 Å². The highest BCUT2D eigenvalue weighted by atomic mass is 14.7. The Hall–Kier alpha value is -2.15. The summed E-state index contributed by atoms with van der Waals surface area (Å²) in [4.78, 5) is 4.57. The number of pyridine rings is 1. The van der Waals surface area contributed by atoms with Crippen LogP contribution in [-0.4, -0.2) is 4.98 Å². The minimum absolute atomic E-state index is 1.10. The molecule has 1 heteroatoms. The van der Waals surface area contributed by atoms with E-state index in [1.54, 1.807) is 0 Å². The van der Waals surface area contributed by atoms with Gasteiger partial charge < -0.3 is 0 Å². The van der Waals surface area contributed by atoms with Gasteiger partial charge >= 0.3 is 0 Å². The summed E-state index contributed by atoms with van der Waals surface area (Å²) in [6, 6.07) is 17.3. The molecule has 0 fully saturated rings. The molecule has 0 spiro atoms. The van der Waals surface area contributed by atoms with E-state index in [0.717, 1.165) is 12.8 Å². The fraction of sp³-hybridized carbons (Fsp3) is 0.118. The maximum absolute atomic E-state index is 4.57. The van der Waals surface area contributed by atoms with E-state index >= 15 is 0 Å². The van der Waals surface area contributed by atoms with Crippen molar-refractivity contribution in [2.24, 2.45) is 0 Å². The van der Waals surface area contributed by atoms with Crippen LogP contribution in [0.2, 0.25) is 0 Å². The largest absolute Gasteiger partial charge is 0.256 e. The molecule has 4 rings (SSSR count). The molecule has 0 radical (unpaired) electrons. The molecular formula is C17H13N. The zero-order valence-electron chi connectivity index (χ0n) is 10.1. The van der Waals surface area contributed by atoms with Crippen molar-refractivity contribution in [1.82, 2.24) is 4.98 Å². The number of aryl methyl sites for hydroxylation is 2. The Bertz CT molecular complexity index is 743. The molecule has 0 N–H and O–H groups in total. The van der Waals surface area contributed by atoms with E-state index in [-0.39, 0.29) is 0 Å². The number of fused-ring (bicyclic) bond motifs is 5. The maximum Gasteiger partial charge on any atom is 0.0736 e. The lowest BCUT2D eigenvalue weighted by Crippen LogP contribution is -2.05. The molecule has 1 aliphatic carbocycles. The molecule has 2 aromatic carbocycles. The van der Waals surface area contributed by atoms with Crippen molar-refractivity contribution in [3.05, 3.63) is 65.9 Å². The van der Waals surface area contributed by atoms with Crippen molar-refractivity contribution in [2.75, 3.05) is 0 Å². The van der Waals surface area contributed by atoms with Crippen molar-refractivity contribution in [3.63, 3.8) is 0 Å². The van der Waals surface area contributed by atoms with E-state index in [1.165, 1.54) is 33.2 Å². The lowest BCUT2D eigenvalue weighted by molar-refractivity contribution is 0.936. The van der Waals surface area contributed by atoms with E-state index in [1.807, 2.05) is 12.3 Å². The Balaban J connectivity index is 2.09. The number of aromatic nitrogens is 1. The van der Waals surface area contributed by atoms with Gasteiger partial charge in [-0.15, -0.1) is 0 Å². The van der Waals surface area contributed by atoms with Crippen molar-refractivity contribution >= 4 is 10.8 Å². The molecule has 0 amide bonds. The van der Waals surface area contributed by atoms with Crippen LogP contribution in [0.4, 0.5) is 0 Å². The topological polar surface area (TPSA) is 12.9 Å². The standard InChI is InChI=1S/C17H13N/c1-2-6-14-12(4-1)7-10-16-15(14)9-8-13-5-3-11-18-17(13)16/h1-7,10-11H,8-9H2. The van der Waals surface area contributed by atoms with Crippen molar-refractivity contribution in [1.29, 1.82) is 0 Å². The Labute approximate surface area is 106 Å². The van der Waals surface area contributed by atoms with Gasteiger partial charge in [0.2, 0.25) is 0 Å². The zero-order valence-corrected chi connectivity index (χ0v) is 10.1. The van der Waals surface area contributed by atoms with Crippen LogP contribution in [-0.2, 0) is 12.8 Å². The summed E-state index contributed by atoms with van der Waals surface area (Å²) in [6.45, 7) is 0. The molecular weight excluding hydrogens is 218 g/mol. The normalized spacial score (nSPS) is 13.1. The van der Waals surface area contributed by atoms with Gasteiger partial charge in [-0.2, -0.15) is 0 Å². The third kappa shape index (κ3) is 1.31. The molecule has 1 aliphatic rings. The summed E-state index contributed by atoms with van der Waals surface area (Å²) in [7, 11) is 0. The zero-order chi connectivity index (χ0) is 11.9. The molecule has 86 valence electrons. The Morgan fingerprint density at radius 2 is 1.78 bits per heavy atom. The lowest BCUT2D eigenvalue weighted by atomic mass is 9.86. The quantitative estimate of drug-likeness (QED) is 0.570. The molecule has 0 unspecified atom stereocenters. The minimum Gasteiger partial charge on any atom is -0.256 e. The fourth-order valence-corrected chi connectivity index (χ4v) is 2.97. The highest BCUT2D eigenvalue weighted by Crippen LogP contribution is 2.35. The molecule has 1 heterocycles. The van der Waals surface area contributed by atoms with Crippen LogP contribution in [0.3, 0.4) is 0 Å². The third-order valence-electron chi connectivity index (χ3n) is 3.83. The van der Waals surface area contributed by atoms with E-state index in [2.05, 4.69) is 47.4 Å². The molecule has 0 aliphatic heterocycles. The highest BCUT2D eigenvalue weighted by Gasteiger charge is 2.18. The summed E-state index contributed by atoms with van der Waals surface area (Å²) in [5.74, 6) is 0. The number of hydrogen-bond acceptors (Lipinski definition) is 1. The monoisotopic (exact) mass is 231 g/mol. The molecule has 0 saturated carbocycles. The summed E-state index contributed by atoms with van der Waals surface area (Å²) >= 11 is 0. The van der Waals surface area contributed by atoms with Crippen LogP contribution in [0.5, 0.6) is 0 Å². The molecule has 0 atom stereocenters. The van der Waals surface area contributed by atoms with Gasteiger partial charge in [0.1, 0.15) is 0 Å². The smallest absolute Gasteiger partial charge is 0.0736 e. The summed E-state index contributed by atoms with van der Waals surface area (Å²) in [6.07, 6.45) is 4.11. The predicted octanol–water partition coefficient (Wildman–Crippen LogP) is 4.00. The van der Waals surface area contributed by atoms with Gasteiger partial charge in [-0.05, 0) is 40.8 Å². The summed E-state index contributed by atoms with van der Waals surface area (Å²) in [5.41, 5.74) is 5.32. The number of rotatable bonds is 0. The summed E-state index contributed by atoms with van der Waals surface area (Å²) < 4.78 is 0. The third-order valence-corrected chi connectivity index (χ3v) is 3.83. The van der Waals surface area contributed by atoms with Crippen molar-refractivity contribution in [2.45, 2.75) is 12.8 Å². The molecule has 18 heavy (non-hydrogen) atoms. The van der Waals surface area contributed by atoms with E-state index in [4.69, 9.17) is 0 Å². The first-order chi connectivity index (χ1) is 8.93. The van der Waals surface area contributed by atoms with E-state index < -0.39 is 0 Å². The van der Waals surface area contributed by atoms with Gasteiger partial charge in [-0.1, -0.05) is 42.5 Å². The SMILES string of the molecule is c1cnc2c(c1)CCc1c-2ccc2ccccc12. The van der Waals surface area contributed by atoms with Crippen molar-refractivity contribution < 1.29 is 0 Å². The first-order valence-corrected chi connectivity index (χ1v) is 6.38. The van der Waals surface area contributed by atoms with Crippen LogP contribution < -0.4 is 0 Å². The van der Waals surface area contributed by atoms with Crippen LogP contribution in [0.15, 0.2) is 54.7 Å². The average molecular weight is 231 g/mol. The second-order valence-electron chi connectivity index (χ2n) is 4.82. The van der Waals surface area contributed by atoms with Gasteiger partial charge in [0.25, 0.3) is 0 Å². The lowest BCUT2D eigenvalue weighted by Gasteiger charge is -2.20. The molecule has 1 nitrogen and oxygen atoms in total. The van der Waals surface area contributed by atoms with Gasteiger partial charge in [-0.25, -0.2) is 0 Å². The number of benzene rings is 2. The fourth-order valence-electron chi connectivity index (χ4n) is 2.97. The van der Waals surface area contributed by atoms with Gasteiger partial charge in [0.15, 0.2) is 0 Å². The van der Waals surface area contributed by atoms with Gasteiger partial charge in [-0.3, -0.25) is 4.98 Å². The highest BCUT2D eigenvalue weighted by molar-refractivity contribution is 5.92. The molecule has 0 bridgehead atoms. The predicted molar refractivity (Wildman–Crippen MR) is 74.6 cm³/mol. The second kappa shape index (κ2) is 3.67. The minimum atomic E-state index is 1.10. The Morgan fingerprint density at radius 3 is 2.78 bits per heavy atom. The van der Waals surface area contributed by atoms with Crippen LogP contribution in [0, 0.1) is 0 Å². The van der Waals surface area contributed by atoms with E-state index in [0.29, 0.717) is 0 Å². The molecule has 1 aromatic heterocycles. The van der Waals surface area contributed by atoms with Gasteiger partial charge in [0.05, 0.1) is 5.69 Å². The first-order valence-electron chi connectivity index (χ1n) is 6.38. The summed E-state index contributed by atoms with van der Waals surface area (Å²) in [5, 5.41) is 2.71. The molecule has 0 saturated heterocycles. The average Bonchev–Trinajstić information content (AvgIpc) is 2.46. The maximum atomic E-state index is 4.57. The molecule has 3 aromatic rings. The second-order valence-corrected chi connectivity index (χ2v) is 4.82. The van der Waals surface area contributed by atoms with Crippen LogP contribution >= 0.6 is 0 Å². The van der Waals surface area contributed by atoms with Crippen LogP contribution in [0.25, 0.3) is 22.0 Å². The number of hydrogen-bond donors (Lipinski definition) is 0. The first kappa shape index (κ1) is 9.84. The van der Waals surface area contributed by atoms with Crippen molar-refractivity contribution in [3.8, 4) is 11.3 Å². The Morgan fingerprint density at radius 1 is 0.833 bits per heavy atom. The Kier molecular flexibility index (Phi) is 2.01.